The Morgan fingerprint density at radius 1 is 1.24 bits per heavy atom. The third kappa shape index (κ3) is 3.43. The van der Waals surface area contributed by atoms with Crippen LogP contribution in [0.1, 0.15) is 32.3 Å². The molecule has 116 valence electrons. The third-order valence-corrected chi connectivity index (χ3v) is 4.62. The minimum Gasteiger partial charge on any atom is -0.309 e. The molecule has 1 N–H and O–H groups in total. The van der Waals surface area contributed by atoms with Crippen molar-refractivity contribution in [2.45, 2.75) is 44.2 Å². The number of hydrogen-bond donors (Lipinski definition) is 1. The van der Waals surface area contributed by atoms with Crippen molar-refractivity contribution in [3.63, 3.8) is 0 Å². The largest absolute Gasteiger partial charge is 0.309 e. The van der Waals surface area contributed by atoms with Crippen LogP contribution >= 0.6 is 0 Å². The first-order valence-electron chi connectivity index (χ1n) is 7.80. The number of benzene rings is 1. The fourth-order valence-electron chi connectivity index (χ4n) is 3.34. The summed E-state index contributed by atoms with van der Waals surface area (Å²) >= 11 is 0. The van der Waals surface area contributed by atoms with Crippen molar-refractivity contribution in [3.05, 3.63) is 35.9 Å². The number of nitrogens with zero attached hydrogens (tertiary/aromatic N) is 1. The first-order chi connectivity index (χ1) is 9.87. The summed E-state index contributed by atoms with van der Waals surface area (Å²) in [6, 6.07) is 8.46. The standard InChI is InChI=1S/C17H24F2N2/c1-16(2)11-21(15(10-20-16)13-8-9-13)12-17(18,19)14-6-4-3-5-7-14/h3-7,13,15,20H,8-12H2,1-2H3. The summed E-state index contributed by atoms with van der Waals surface area (Å²) in [5, 5.41) is 3.50. The van der Waals surface area contributed by atoms with Gasteiger partial charge in [-0.05, 0) is 32.6 Å². The van der Waals surface area contributed by atoms with E-state index < -0.39 is 5.92 Å². The van der Waals surface area contributed by atoms with Crippen LogP contribution in [-0.2, 0) is 5.92 Å². The van der Waals surface area contributed by atoms with Gasteiger partial charge in [0.25, 0.3) is 5.92 Å². The van der Waals surface area contributed by atoms with E-state index in [4.69, 9.17) is 0 Å². The Morgan fingerprint density at radius 2 is 1.90 bits per heavy atom. The van der Waals surface area contributed by atoms with Crippen molar-refractivity contribution < 1.29 is 8.78 Å². The molecule has 0 radical (unpaired) electrons. The van der Waals surface area contributed by atoms with Crippen molar-refractivity contribution in [3.8, 4) is 0 Å². The number of nitrogens with one attached hydrogen (secondary N) is 1. The van der Waals surface area contributed by atoms with E-state index in [9.17, 15) is 8.78 Å². The van der Waals surface area contributed by atoms with E-state index in [1.165, 1.54) is 25.0 Å². The molecule has 0 amide bonds. The van der Waals surface area contributed by atoms with Gasteiger partial charge in [0.1, 0.15) is 0 Å². The average Bonchev–Trinajstić information content (AvgIpc) is 3.23. The normalized spacial score (nSPS) is 26.8. The predicted octanol–water partition coefficient (Wildman–Crippen LogP) is 3.24. The van der Waals surface area contributed by atoms with Crippen LogP contribution in [0.25, 0.3) is 0 Å². The lowest BCUT2D eigenvalue weighted by Gasteiger charge is -2.46. The predicted molar refractivity (Wildman–Crippen MR) is 80.5 cm³/mol. The van der Waals surface area contributed by atoms with E-state index in [0.717, 1.165) is 6.54 Å². The number of halogens is 2. The van der Waals surface area contributed by atoms with Crippen molar-refractivity contribution in [1.82, 2.24) is 10.2 Å². The van der Waals surface area contributed by atoms with E-state index in [-0.39, 0.29) is 23.7 Å². The molecule has 0 aromatic heterocycles. The van der Waals surface area contributed by atoms with Crippen LogP contribution in [-0.4, -0.2) is 36.1 Å². The molecule has 2 aliphatic rings. The molecule has 21 heavy (non-hydrogen) atoms. The number of rotatable bonds is 4. The SMILES string of the molecule is CC1(C)CN(CC(F)(F)c2ccccc2)C(C2CC2)CN1. The summed E-state index contributed by atoms with van der Waals surface area (Å²) in [5.74, 6) is -2.19. The highest BCUT2D eigenvalue weighted by Gasteiger charge is 2.45. The summed E-state index contributed by atoms with van der Waals surface area (Å²) in [5.41, 5.74) is 0.0221. The minimum absolute atomic E-state index is 0.0990. The number of hydrogen-bond acceptors (Lipinski definition) is 2. The van der Waals surface area contributed by atoms with Crippen LogP contribution in [0.3, 0.4) is 0 Å². The molecule has 1 aliphatic carbocycles. The van der Waals surface area contributed by atoms with Gasteiger partial charge in [-0.15, -0.1) is 0 Å². The zero-order valence-electron chi connectivity index (χ0n) is 12.8. The molecule has 3 rings (SSSR count). The molecule has 0 bridgehead atoms. The Bertz CT molecular complexity index is 483. The molecule has 1 saturated heterocycles. The zero-order valence-corrected chi connectivity index (χ0v) is 12.8. The van der Waals surface area contributed by atoms with E-state index in [0.29, 0.717) is 12.5 Å². The monoisotopic (exact) mass is 294 g/mol. The van der Waals surface area contributed by atoms with Gasteiger partial charge in [0.15, 0.2) is 0 Å². The van der Waals surface area contributed by atoms with Crippen LogP contribution in [0.4, 0.5) is 8.78 Å². The van der Waals surface area contributed by atoms with E-state index in [1.54, 1.807) is 18.2 Å². The van der Waals surface area contributed by atoms with Gasteiger partial charge in [-0.1, -0.05) is 30.3 Å². The Morgan fingerprint density at radius 3 is 2.52 bits per heavy atom. The van der Waals surface area contributed by atoms with E-state index >= 15 is 0 Å². The van der Waals surface area contributed by atoms with Crippen LogP contribution in [0.5, 0.6) is 0 Å². The van der Waals surface area contributed by atoms with Crippen molar-refractivity contribution >= 4 is 0 Å². The van der Waals surface area contributed by atoms with Gasteiger partial charge in [-0.25, -0.2) is 0 Å². The van der Waals surface area contributed by atoms with Crippen LogP contribution in [0.15, 0.2) is 30.3 Å². The van der Waals surface area contributed by atoms with Gasteiger partial charge in [0.2, 0.25) is 0 Å². The van der Waals surface area contributed by atoms with Crippen LogP contribution < -0.4 is 5.32 Å². The van der Waals surface area contributed by atoms with Gasteiger partial charge in [-0.3, -0.25) is 4.90 Å². The van der Waals surface area contributed by atoms with Crippen molar-refractivity contribution in [2.24, 2.45) is 5.92 Å². The summed E-state index contributed by atoms with van der Waals surface area (Å²) in [6.07, 6.45) is 2.36. The highest BCUT2D eigenvalue weighted by molar-refractivity contribution is 5.20. The molecule has 1 saturated carbocycles. The van der Waals surface area contributed by atoms with E-state index in [1.807, 2.05) is 4.90 Å². The van der Waals surface area contributed by atoms with Crippen molar-refractivity contribution in [2.75, 3.05) is 19.6 Å². The van der Waals surface area contributed by atoms with Gasteiger partial charge < -0.3 is 5.32 Å². The second kappa shape index (κ2) is 5.33. The molecule has 1 aliphatic heterocycles. The first-order valence-corrected chi connectivity index (χ1v) is 7.80. The Hall–Kier alpha value is -1.00. The minimum atomic E-state index is -2.79. The highest BCUT2D eigenvalue weighted by atomic mass is 19.3. The van der Waals surface area contributed by atoms with Crippen molar-refractivity contribution in [1.29, 1.82) is 0 Å². The van der Waals surface area contributed by atoms with Gasteiger partial charge in [0.05, 0.1) is 6.54 Å². The lowest BCUT2D eigenvalue weighted by atomic mass is 9.95. The quantitative estimate of drug-likeness (QED) is 0.917. The lowest BCUT2D eigenvalue weighted by Crippen LogP contribution is -2.63. The molecular formula is C17H24F2N2. The molecule has 1 aromatic carbocycles. The number of piperazine rings is 1. The number of alkyl halides is 2. The first kappa shape index (κ1) is 14.9. The van der Waals surface area contributed by atoms with Gasteiger partial charge >= 0.3 is 0 Å². The third-order valence-electron chi connectivity index (χ3n) is 4.62. The smallest absolute Gasteiger partial charge is 0.285 e. The maximum atomic E-state index is 14.6. The molecule has 2 fully saturated rings. The maximum Gasteiger partial charge on any atom is 0.285 e. The molecule has 1 heterocycles. The second-order valence-corrected chi connectivity index (χ2v) is 7.15. The van der Waals surface area contributed by atoms with Gasteiger partial charge in [-0.2, -0.15) is 8.78 Å². The van der Waals surface area contributed by atoms with Crippen LogP contribution in [0, 0.1) is 5.92 Å². The molecule has 1 unspecified atom stereocenters. The molecule has 4 heteroatoms. The van der Waals surface area contributed by atoms with E-state index in [2.05, 4.69) is 19.2 Å². The Balaban J connectivity index is 1.76. The molecule has 1 aromatic rings. The summed E-state index contributed by atoms with van der Waals surface area (Å²) in [7, 11) is 0. The Kier molecular flexibility index (Phi) is 3.78. The lowest BCUT2D eigenvalue weighted by molar-refractivity contribution is -0.0645. The molecule has 1 atom stereocenters. The second-order valence-electron chi connectivity index (χ2n) is 7.15. The zero-order chi connectivity index (χ0) is 15.1. The summed E-state index contributed by atoms with van der Waals surface area (Å²) < 4.78 is 29.2. The molecule has 2 nitrogen and oxygen atoms in total. The van der Waals surface area contributed by atoms with Gasteiger partial charge in [0, 0.05) is 30.2 Å². The topological polar surface area (TPSA) is 15.3 Å². The highest BCUT2D eigenvalue weighted by Crippen LogP contribution is 2.39. The molecule has 0 spiro atoms. The summed E-state index contributed by atoms with van der Waals surface area (Å²) in [4.78, 5) is 2.02. The fraction of sp³-hybridized carbons (Fsp3) is 0.647. The average molecular weight is 294 g/mol. The van der Waals surface area contributed by atoms with Crippen LogP contribution in [0.2, 0.25) is 0 Å². The Labute approximate surface area is 125 Å². The molecular weight excluding hydrogens is 270 g/mol. The summed E-state index contributed by atoms with van der Waals surface area (Å²) in [6.45, 7) is 5.50. The maximum absolute atomic E-state index is 14.6. The fourth-order valence-corrected chi connectivity index (χ4v) is 3.34.